The van der Waals surface area contributed by atoms with Gasteiger partial charge in [-0.3, -0.25) is 0 Å². The van der Waals surface area contributed by atoms with Crippen LogP contribution >= 0.6 is 22.9 Å². The number of rotatable bonds is 10. The van der Waals surface area contributed by atoms with E-state index in [-0.39, 0.29) is 11.7 Å². The van der Waals surface area contributed by atoms with Crippen LogP contribution in [-0.4, -0.2) is 4.98 Å². The van der Waals surface area contributed by atoms with Crippen LogP contribution in [0.25, 0.3) is 0 Å². The van der Waals surface area contributed by atoms with E-state index in [0.717, 1.165) is 47.6 Å². The maximum Gasteiger partial charge on any atom is 0.416 e. The van der Waals surface area contributed by atoms with Gasteiger partial charge in [0.2, 0.25) is 0 Å². The van der Waals surface area contributed by atoms with Crippen molar-refractivity contribution in [3.8, 4) is 11.5 Å². The van der Waals surface area contributed by atoms with Crippen LogP contribution in [0.1, 0.15) is 54.7 Å². The summed E-state index contributed by atoms with van der Waals surface area (Å²) in [6.07, 6.45) is 0.989. The third-order valence-electron chi connectivity index (χ3n) is 5.71. The lowest BCUT2D eigenvalue weighted by Gasteiger charge is -2.20. The van der Waals surface area contributed by atoms with Gasteiger partial charge in [-0.15, -0.1) is 11.3 Å². The van der Waals surface area contributed by atoms with E-state index in [0.29, 0.717) is 18.7 Å². The standard InChI is InChI=1S/C27H24ClF4NO2S/c1-3-4-21(26-33-11-12-36-26)16(2)24(18-7-8-18)34-15-17-5-9-20(10-6-17)35-25-22(28)13-19(14-23(25)29)27(30,31)32/h5-6,9-14,21H,2-4,7-8,15H2,1H3. The Morgan fingerprint density at radius 2 is 1.92 bits per heavy atom. The van der Waals surface area contributed by atoms with Gasteiger partial charge in [0.1, 0.15) is 23.1 Å². The van der Waals surface area contributed by atoms with Crippen molar-refractivity contribution in [1.82, 2.24) is 4.98 Å². The fraction of sp³-hybridized carbons (Fsp3) is 0.296. The van der Waals surface area contributed by atoms with Crippen molar-refractivity contribution >= 4 is 22.9 Å². The van der Waals surface area contributed by atoms with E-state index in [9.17, 15) is 17.6 Å². The molecule has 2 aromatic carbocycles. The van der Waals surface area contributed by atoms with Gasteiger partial charge < -0.3 is 9.47 Å². The summed E-state index contributed by atoms with van der Waals surface area (Å²) in [6, 6.07) is 7.65. The van der Waals surface area contributed by atoms with Crippen LogP contribution < -0.4 is 4.74 Å². The molecule has 1 heterocycles. The van der Waals surface area contributed by atoms with Crippen LogP contribution in [-0.2, 0) is 17.5 Å². The van der Waals surface area contributed by atoms with Gasteiger partial charge in [-0.2, -0.15) is 13.2 Å². The van der Waals surface area contributed by atoms with Crippen LogP contribution in [0.5, 0.6) is 11.5 Å². The first-order chi connectivity index (χ1) is 17.2. The summed E-state index contributed by atoms with van der Waals surface area (Å²) < 4.78 is 64.4. The van der Waals surface area contributed by atoms with Gasteiger partial charge in [-0.1, -0.05) is 43.7 Å². The third kappa shape index (κ3) is 6.28. The van der Waals surface area contributed by atoms with E-state index in [1.54, 1.807) is 41.8 Å². The van der Waals surface area contributed by atoms with Crippen LogP contribution in [0.4, 0.5) is 17.6 Å². The lowest BCUT2D eigenvalue weighted by Crippen LogP contribution is -2.07. The summed E-state index contributed by atoms with van der Waals surface area (Å²) in [5, 5.41) is 2.53. The first kappa shape index (κ1) is 26.2. The Balaban J connectivity index is 1.43. The average molecular weight is 538 g/mol. The summed E-state index contributed by atoms with van der Waals surface area (Å²) in [4.78, 5) is 4.48. The first-order valence-corrected chi connectivity index (χ1v) is 12.7. The highest BCUT2D eigenvalue weighted by Gasteiger charge is 2.33. The predicted octanol–water partition coefficient (Wildman–Crippen LogP) is 9.45. The van der Waals surface area contributed by atoms with Gasteiger partial charge in [0.15, 0.2) is 11.6 Å². The molecule has 0 spiro atoms. The Morgan fingerprint density at radius 1 is 1.19 bits per heavy atom. The second-order valence-corrected chi connectivity index (χ2v) is 9.80. The number of hydrogen-bond donors (Lipinski definition) is 0. The lowest BCUT2D eigenvalue weighted by molar-refractivity contribution is -0.137. The Kier molecular flexibility index (Phi) is 8.05. The fourth-order valence-electron chi connectivity index (χ4n) is 3.76. The number of ether oxygens (including phenoxy) is 2. The summed E-state index contributed by atoms with van der Waals surface area (Å²) in [5.41, 5.74) is 1.84. The molecule has 1 unspecified atom stereocenters. The number of benzene rings is 2. The lowest BCUT2D eigenvalue weighted by atomic mass is 9.94. The molecule has 1 aliphatic carbocycles. The number of hydrogen-bond acceptors (Lipinski definition) is 4. The Labute approximate surface area is 216 Å². The molecule has 0 saturated heterocycles. The van der Waals surface area contributed by atoms with E-state index in [1.165, 1.54) is 5.57 Å². The van der Waals surface area contributed by atoms with Crippen molar-refractivity contribution in [2.45, 2.75) is 51.3 Å². The van der Waals surface area contributed by atoms with Gasteiger partial charge >= 0.3 is 6.18 Å². The summed E-state index contributed by atoms with van der Waals surface area (Å²) in [6.45, 7) is 6.77. The Bertz CT molecular complexity index is 1220. The molecule has 190 valence electrons. The minimum Gasteiger partial charge on any atom is -0.489 e. The zero-order chi connectivity index (χ0) is 25.9. The maximum absolute atomic E-state index is 14.2. The number of halogens is 5. The zero-order valence-electron chi connectivity index (χ0n) is 19.5. The van der Waals surface area contributed by atoms with Crippen LogP contribution in [0, 0.1) is 5.82 Å². The molecule has 1 aromatic heterocycles. The largest absolute Gasteiger partial charge is 0.489 e. The molecule has 0 N–H and O–H groups in total. The van der Waals surface area contributed by atoms with Gasteiger partial charge in [-0.25, -0.2) is 9.37 Å². The molecule has 1 atom stereocenters. The van der Waals surface area contributed by atoms with E-state index in [1.807, 2.05) is 5.38 Å². The van der Waals surface area contributed by atoms with Gasteiger partial charge in [0, 0.05) is 17.5 Å². The number of alkyl halides is 3. The first-order valence-electron chi connectivity index (χ1n) is 11.4. The molecule has 3 nitrogen and oxygen atoms in total. The van der Waals surface area contributed by atoms with Crippen molar-refractivity contribution in [1.29, 1.82) is 0 Å². The van der Waals surface area contributed by atoms with E-state index >= 15 is 0 Å². The minimum atomic E-state index is -4.71. The molecule has 1 aliphatic rings. The highest BCUT2D eigenvalue weighted by atomic mass is 35.5. The summed E-state index contributed by atoms with van der Waals surface area (Å²) >= 11 is 7.47. The SMILES string of the molecule is C=C(C(OCc1ccc(Oc2c(F)cc(C(F)(F)F)cc2Cl)cc1)=C1CC1)C(CCC)c1nccs1. The molecule has 0 amide bonds. The van der Waals surface area contributed by atoms with E-state index < -0.39 is 28.3 Å². The molecular weight excluding hydrogens is 514 g/mol. The third-order valence-corrected chi connectivity index (χ3v) is 6.88. The molecule has 1 saturated carbocycles. The van der Waals surface area contributed by atoms with E-state index in [2.05, 4.69) is 18.5 Å². The van der Waals surface area contributed by atoms with Gasteiger partial charge in [0.25, 0.3) is 0 Å². The quantitative estimate of drug-likeness (QED) is 0.191. The average Bonchev–Trinajstić information content (AvgIpc) is 3.52. The summed E-state index contributed by atoms with van der Waals surface area (Å²) in [5.74, 6) is -0.478. The van der Waals surface area contributed by atoms with Crippen LogP contribution in [0.15, 0.2) is 71.5 Å². The topological polar surface area (TPSA) is 31.4 Å². The van der Waals surface area contributed by atoms with Crippen molar-refractivity contribution in [2.24, 2.45) is 0 Å². The zero-order valence-corrected chi connectivity index (χ0v) is 21.1. The molecule has 0 radical (unpaired) electrons. The molecule has 0 aliphatic heterocycles. The van der Waals surface area contributed by atoms with Crippen molar-refractivity contribution < 1.29 is 27.0 Å². The molecule has 3 aromatic rings. The predicted molar refractivity (Wildman–Crippen MR) is 133 cm³/mol. The second kappa shape index (κ2) is 11.0. The molecule has 1 fully saturated rings. The number of aromatic nitrogens is 1. The monoisotopic (exact) mass is 537 g/mol. The van der Waals surface area contributed by atoms with Crippen molar-refractivity contribution in [3.63, 3.8) is 0 Å². The Morgan fingerprint density at radius 3 is 2.47 bits per heavy atom. The van der Waals surface area contributed by atoms with Crippen molar-refractivity contribution in [3.05, 3.63) is 98.4 Å². The number of allylic oxidation sites excluding steroid dienone is 2. The minimum absolute atomic E-state index is 0.109. The normalized spacial score (nSPS) is 13.9. The van der Waals surface area contributed by atoms with Gasteiger partial charge in [-0.05, 0) is 60.2 Å². The van der Waals surface area contributed by atoms with Crippen LogP contribution in [0.3, 0.4) is 0 Å². The Hall–Kier alpha value is -2.84. The smallest absolute Gasteiger partial charge is 0.416 e. The number of thiazole rings is 1. The van der Waals surface area contributed by atoms with E-state index in [4.69, 9.17) is 21.1 Å². The number of nitrogens with zero attached hydrogens (tertiary/aromatic N) is 1. The second-order valence-electron chi connectivity index (χ2n) is 8.47. The molecule has 0 bridgehead atoms. The summed E-state index contributed by atoms with van der Waals surface area (Å²) in [7, 11) is 0. The molecule has 36 heavy (non-hydrogen) atoms. The molecule has 9 heteroatoms. The molecule has 4 rings (SSSR count). The van der Waals surface area contributed by atoms with Gasteiger partial charge in [0.05, 0.1) is 10.6 Å². The highest BCUT2D eigenvalue weighted by molar-refractivity contribution is 7.09. The fourth-order valence-corrected chi connectivity index (χ4v) is 4.81. The van der Waals surface area contributed by atoms with Crippen LogP contribution in [0.2, 0.25) is 5.02 Å². The van der Waals surface area contributed by atoms with Crippen molar-refractivity contribution in [2.75, 3.05) is 0 Å². The maximum atomic E-state index is 14.2. The highest BCUT2D eigenvalue weighted by Crippen LogP contribution is 2.42. The molecular formula is C27H24ClF4NO2S.